The van der Waals surface area contributed by atoms with Gasteiger partial charge in [-0.05, 0) is 6.07 Å². The minimum atomic E-state index is -0.406. The normalized spacial score (nSPS) is 20.4. The van der Waals surface area contributed by atoms with Gasteiger partial charge in [0.25, 0.3) is 0 Å². The van der Waals surface area contributed by atoms with Crippen LogP contribution in [0.2, 0.25) is 5.02 Å². The molecule has 2 rings (SSSR count). The van der Waals surface area contributed by atoms with Crippen molar-refractivity contribution >= 4 is 17.6 Å². The molecule has 14 heavy (non-hydrogen) atoms. The maximum Gasteiger partial charge on any atom is 0.189 e. The number of hydrogen-bond donors (Lipinski definition) is 2. The summed E-state index contributed by atoms with van der Waals surface area (Å²) >= 11 is 5.66. The molecule has 0 aromatic heterocycles. The Morgan fingerprint density at radius 1 is 1.57 bits per heavy atom. The lowest BCUT2D eigenvalue weighted by molar-refractivity contribution is 0.577. The predicted molar refractivity (Wildman–Crippen MR) is 53.8 cm³/mol. The average molecular weight is 214 g/mol. The Morgan fingerprint density at radius 2 is 2.36 bits per heavy atom. The predicted octanol–water partition coefficient (Wildman–Crippen LogP) is 1.44. The molecule has 1 aromatic rings. The van der Waals surface area contributed by atoms with E-state index in [0.29, 0.717) is 18.1 Å². The van der Waals surface area contributed by atoms with Gasteiger partial charge in [0.15, 0.2) is 5.96 Å². The highest BCUT2D eigenvalue weighted by molar-refractivity contribution is 6.30. The number of rotatable bonds is 1. The summed E-state index contributed by atoms with van der Waals surface area (Å²) in [6, 6.07) is 4.69. The molecule has 0 bridgehead atoms. The minimum Gasteiger partial charge on any atom is -0.370 e. The second-order valence-electron chi connectivity index (χ2n) is 3.07. The Morgan fingerprint density at radius 3 is 3.00 bits per heavy atom. The molecule has 1 unspecified atom stereocenters. The molecule has 0 amide bonds. The first-order chi connectivity index (χ1) is 6.68. The zero-order chi connectivity index (χ0) is 10.1. The second kappa shape index (κ2) is 3.46. The Kier molecular flexibility index (Phi) is 2.29. The lowest BCUT2D eigenvalue weighted by atomic mass is 10.1. The summed E-state index contributed by atoms with van der Waals surface area (Å²) in [5, 5.41) is 2.99. The number of hydrogen-bond acceptors (Lipinski definition) is 3. The lowest BCUT2D eigenvalue weighted by Gasteiger charge is -2.12. The van der Waals surface area contributed by atoms with Crippen molar-refractivity contribution in [3.05, 3.63) is 34.6 Å². The van der Waals surface area contributed by atoms with Gasteiger partial charge in [0.05, 0.1) is 17.6 Å². The highest BCUT2D eigenvalue weighted by atomic mass is 35.5. The molecule has 0 aliphatic carbocycles. The third-order valence-electron chi connectivity index (χ3n) is 2.12. The Bertz CT molecular complexity index is 392. The van der Waals surface area contributed by atoms with E-state index in [1.165, 1.54) is 6.07 Å². The smallest absolute Gasteiger partial charge is 0.189 e. The first-order valence-electron chi connectivity index (χ1n) is 4.19. The standard InChI is InChI=1S/C9H9ClFN3/c10-6-3-1-2-5(8(6)11)7-4-13-9(12)14-7/h1-3,7H,4H2,(H3,12,13,14). The van der Waals surface area contributed by atoms with Gasteiger partial charge in [-0.2, -0.15) is 0 Å². The first kappa shape index (κ1) is 9.27. The molecule has 3 N–H and O–H groups in total. The van der Waals surface area contributed by atoms with Gasteiger partial charge in [-0.25, -0.2) is 4.39 Å². The molecule has 5 heteroatoms. The van der Waals surface area contributed by atoms with Crippen molar-refractivity contribution in [2.75, 3.05) is 6.54 Å². The second-order valence-corrected chi connectivity index (χ2v) is 3.47. The van der Waals surface area contributed by atoms with Crippen LogP contribution in [0.5, 0.6) is 0 Å². The van der Waals surface area contributed by atoms with Crippen LogP contribution in [-0.2, 0) is 0 Å². The van der Waals surface area contributed by atoms with E-state index in [2.05, 4.69) is 10.3 Å². The van der Waals surface area contributed by atoms with Gasteiger partial charge in [-0.1, -0.05) is 23.7 Å². The summed E-state index contributed by atoms with van der Waals surface area (Å²) in [5.74, 6) is -0.0639. The average Bonchev–Trinajstić information content (AvgIpc) is 2.57. The molecule has 74 valence electrons. The van der Waals surface area contributed by atoms with E-state index in [1.54, 1.807) is 12.1 Å². The van der Waals surface area contributed by atoms with E-state index in [0.717, 1.165) is 0 Å². The van der Waals surface area contributed by atoms with E-state index < -0.39 is 5.82 Å². The van der Waals surface area contributed by atoms with Crippen LogP contribution < -0.4 is 11.1 Å². The van der Waals surface area contributed by atoms with Gasteiger partial charge in [0.2, 0.25) is 0 Å². The van der Waals surface area contributed by atoms with Gasteiger partial charge in [-0.3, -0.25) is 4.99 Å². The fourth-order valence-corrected chi connectivity index (χ4v) is 1.61. The Hall–Kier alpha value is -1.29. The van der Waals surface area contributed by atoms with E-state index in [4.69, 9.17) is 17.3 Å². The number of nitrogens with one attached hydrogen (secondary N) is 1. The quantitative estimate of drug-likeness (QED) is 0.742. The zero-order valence-electron chi connectivity index (χ0n) is 7.30. The van der Waals surface area contributed by atoms with Crippen LogP contribution in [0.3, 0.4) is 0 Å². The summed E-state index contributed by atoms with van der Waals surface area (Å²) in [4.78, 5) is 3.94. The van der Waals surface area contributed by atoms with Crippen LogP contribution in [0.25, 0.3) is 0 Å². The third kappa shape index (κ3) is 1.53. The number of benzene rings is 1. The first-order valence-corrected chi connectivity index (χ1v) is 4.56. The molecule has 0 saturated carbocycles. The summed E-state index contributed by atoms with van der Waals surface area (Å²) in [6.45, 7) is 0.448. The van der Waals surface area contributed by atoms with Gasteiger partial charge in [0, 0.05) is 5.56 Å². The highest BCUT2D eigenvalue weighted by Gasteiger charge is 2.21. The van der Waals surface area contributed by atoms with Crippen molar-refractivity contribution in [3.8, 4) is 0 Å². The Balaban J connectivity index is 2.30. The van der Waals surface area contributed by atoms with E-state index in [-0.39, 0.29) is 11.1 Å². The molecule has 3 nitrogen and oxygen atoms in total. The van der Waals surface area contributed by atoms with Crippen LogP contribution in [-0.4, -0.2) is 12.5 Å². The summed E-state index contributed by atoms with van der Waals surface area (Å²) in [6.07, 6.45) is 0. The number of aliphatic imine (C=N–C) groups is 1. The van der Waals surface area contributed by atoms with E-state index >= 15 is 0 Å². The van der Waals surface area contributed by atoms with Crippen LogP contribution in [0.4, 0.5) is 4.39 Å². The molecule has 1 aromatic carbocycles. The molecule has 1 atom stereocenters. The van der Waals surface area contributed by atoms with Crippen molar-refractivity contribution in [2.24, 2.45) is 10.7 Å². The van der Waals surface area contributed by atoms with Gasteiger partial charge < -0.3 is 11.1 Å². The molecule has 0 saturated heterocycles. The summed E-state index contributed by atoms with van der Waals surface area (Å²) in [5.41, 5.74) is 5.94. The third-order valence-corrected chi connectivity index (χ3v) is 2.42. The maximum atomic E-state index is 13.5. The van der Waals surface area contributed by atoms with Crippen LogP contribution in [0, 0.1) is 5.82 Å². The fourth-order valence-electron chi connectivity index (χ4n) is 1.43. The molecule has 0 spiro atoms. The minimum absolute atomic E-state index is 0.120. The van der Waals surface area contributed by atoms with Crippen molar-refractivity contribution in [2.45, 2.75) is 6.04 Å². The number of guanidine groups is 1. The van der Waals surface area contributed by atoms with Gasteiger partial charge >= 0.3 is 0 Å². The number of halogens is 2. The van der Waals surface area contributed by atoms with Crippen LogP contribution in [0.1, 0.15) is 11.6 Å². The largest absolute Gasteiger partial charge is 0.370 e. The molecule has 0 fully saturated rings. The molecular weight excluding hydrogens is 205 g/mol. The number of nitrogens with zero attached hydrogens (tertiary/aromatic N) is 1. The summed E-state index contributed by atoms with van der Waals surface area (Å²) < 4.78 is 13.5. The van der Waals surface area contributed by atoms with Crippen molar-refractivity contribution < 1.29 is 4.39 Å². The van der Waals surface area contributed by atoms with Gasteiger partial charge in [-0.15, -0.1) is 0 Å². The Labute approximate surface area is 85.8 Å². The topological polar surface area (TPSA) is 50.4 Å². The molecule has 1 aliphatic heterocycles. The maximum absolute atomic E-state index is 13.5. The number of nitrogens with two attached hydrogens (primary N) is 1. The van der Waals surface area contributed by atoms with Crippen molar-refractivity contribution in [3.63, 3.8) is 0 Å². The SMILES string of the molecule is NC1=NCC(c2cccc(Cl)c2F)N1. The van der Waals surface area contributed by atoms with Crippen molar-refractivity contribution in [1.29, 1.82) is 0 Å². The van der Waals surface area contributed by atoms with Crippen molar-refractivity contribution in [1.82, 2.24) is 5.32 Å². The lowest BCUT2D eigenvalue weighted by Crippen LogP contribution is -2.30. The fraction of sp³-hybridized carbons (Fsp3) is 0.222. The van der Waals surface area contributed by atoms with Gasteiger partial charge in [0.1, 0.15) is 5.82 Å². The van der Waals surface area contributed by atoms with Crippen LogP contribution >= 0.6 is 11.6 Å². The molecule has 1 heterocycles. The van der Waals surface area contributed by atoms with E-state index in [1.807, 2.05) is 0 Å². The highest BCUT2D eigenvalue weighted by Crippen LogP contribution is 2.24. The molecule has 1 aliphatic rings. The zero-order valence-corrected chi connectivity index (χ0v) is 8.05. The monoisotopic (exact) mass is 213 g/mol. The molecule has 0 radical (unpaired) electrons. The van der Waals surface area contributed by atoms with Crippen LogP contribution in [0.15, 0.2) is 23.2 Å². The van der Waals surface area contributed by atoms with E-state index in [9.17, 15) is 4.39 Å². The summed E-state index contributed by atoms with van der Waals surface area (Å²) in [7, 11) is 0. The molecular formula is C9H9ClFN3.